The molecule has 0 aromatic heterocycles. The number of hydrogen-bond acceptors (Lipinski definition) is 2. The van der Waals surface area contributed by atoms with Crippen LogP contribution in [-0.4, -0.2) is 11.6 Å². The lowest BCUT2D eigenvalue weighted by molar-refractivity contribution is -0.127. The number of rotatable bonds is 5. The molecule has 0 aliphatic carbocycles. The zero-order valence-corrected chi connectivity index (χ0v) is 7.52. The molecule has 0 N–H and O–H groups in total. The maximum Gasteiger partial charge on any atom is 0.136 e. The predicted molar refractivity (Wildman–Crippen MR) is 44.4 cm³/mol. The van der Waals surface area contributed by atoms with Gasteiger partial charge in [0, 0.05) is 18.8 Å². The van der Waals surface area contributed by atoms with E-state index in [2.05, 4.69) is 0 Å². The molecule has 0 aromatic carbocycles. The molecule has 0 radical (unpaired) electrons. The average molecular weight is 156 g/mol. The molecule has 11 heavy (non-hydrogen) atoms. The molecule has 2 heteroatoms. The van der Waals surface area contributed by atoms with Crippen molar-refractivity contribution >= 4 is 11.6 Å². The van der Waals surface area contributed by atoms with Crippen molar-refractivity contribution in [1.29, 1.82) is 0 Å². The van der Waals surface area contributed by atoms with E-state index >= 15 is 0 Å². The Labute approximate surface area is 68.0 Å². The lowest BCUT2D eigenvalue weighted by Gasteiger charge is -2.09. The lowest BCUT2D eigenvalue weighted by atomic mass is 9.94. The van der Waals surface area contributed by atoms with Gasteiger partial charge in [-0.25, -0.2) is 0 Å². The summed E-state index contributed by atoms with van der Waals surface area (Å²) < 4.78 is 0. The van der Waals surface area contributed by atoms with Gasteiger partial charge >= 0.3 is 0 Å². The Morgan fingerprint density at radius 2 is 1.82 bits per heavy atom. The fourth-order valence-corrected chi connectivity index (χ4v) is 1.12. The molecular weight excluding hydrogens is 140 g/mol. The lowest BCUT2D eigenvalue weighted by Crippen LogP contribution is -2.15. The predicted octanol–water partition coefficient (Wildman–Crippen LogP) is 1.97. The second-order valence-electron chi connectivity index (χ2n) is 2.83. The van der Waals surface area contributed by atoms with Gasteiger partial charge in [-0.1, -0.05) is 13.8 Å². The van der Waals surface area contributed by atoms with Crippen molar-refractivity contribution in [3.05, 3.63) is 0 Å². The molecule has 0 aromatic rings. The highest BCUT2D eigenvalue weighted by Gasteiger charge is 2.15. The topological polar surface area (TPSA) is 34.1 Å². The Bertz CT molecular complexity index is 150. The van der Waals surface area contributed by atoms with Crippen LogP contribution >= 0.6 is 0 Å². The maximum atomic E-state index is 11.1. The number of hydrogen-bond donors (Lipinski definition) is 0. The molecule has 2 nitrogen and oxygen atoms in total. The van der Waals surface area contributed by atoms with Gasteiger partial charge in [0.2, 0.25) is 0 Å². The summed E-state index contributed by atoms with van der Waals surface area (Å²) in [7, 11) is 0. The van der Waals surface area contributed by atoms with Gasteiger partial charge in [0.05, 0.1) is 0 Å². The van der Waals surface area contributed by atoms with E-state index in [1.165, 1.54) is 6.92 Å². The van der Waals surface area contributed by atoms with Crippen LogP contribution in [0.15, 0.2) is 0 Å². The van der Waals surface area contributed by atoms with Gasteiger partial charge in [0.15, 0.2) is 0 Å². The van der Waals surface area contributed by atoms with Gasteiger partial charge in [-0.2, -0.15) is 0 Å². The molecule has 0 aliphatic heterocycles. The SMILES string of the molecule is CCC(=O)C(CC)CC(C)=O. The van der Waals surface area contributed by atoms with Crippen LogP contribution in [0.2, 0.25) is 0 Å². The van der Waals surface area contributed by atoms with E-state index in [-0.39, 0.29) is 17.5 Å². The Morgan fingerprint density at radius 3 is 2.09 bits per heavy atom. The highest BCUT2D eigenvalue weighted by Crippen LogP contribution is 2.11. The van der Waals surface area contributed by atoms with Crippen molar-refractivity contribution in [2.45, 2.75) is 40.0 Å². The van der Waals surface area contributed by atoms with Crippen molar-refractivity contribution in [2.75, 3.05) is 0 Å². The Morgan fingerprint density at radius 1 is 1.27 bits per heavy atom. The van der Waals surface area contributed by atoms with E-state index in [1.54, 1.807) is 0 Å². The molecule has 1 unspecified atom stereocenters. The summed E-state index contributed by atoms with van der Waals surface area (Å²) in [5, 5.41) is 0. The van der Waals surface area contributed by atoms with Gasteiger partial charge in [0.25, 0.3) is 0 Å². The third-order valence-corrected chi connectivity index (χ3v) is 1.83. The molecule has 0 saturated carbocycles. The summed E-state index contributed by atoms with van der Waals surface area (Å²) in [5.41, 5.74) is 0. The molecule has 0 rings (SSSR count). The fraction of sp³-hybridized carbons (Fsp3) is 0.778. The van der Waals surface area contributed by atoms with Gasteiger partial charge in [0.1, 0.15) is 11.6 Å². The number of ketones is 2. The Hall–Kier alpha value is -0.660. The first-order chi connectivity index (χ1) is 5.11. The van der Waals surface area contributed by atoms with E-state index < -0.39 is 0 Å². The van der Waals surface area contributed by atoms with Gasteiger partial charge in [-0.3, -0.25) is 4.79 Å². The quantitative estimate of drug-likeness (QED) is 0.609. The van der Waals surface area contributed by atoms with Gasteiger partial charge in [-0.15, -0.1) is 0 Å². The number of Topliss-reactive ketones (excluding diaryl/α,β-unsaturated/α-hetero) is 2. The second kappa shape index (κ2) is 5.05. The zero-order chi connectivity index (χ0) is 8.85. The van der Waals surface area contributed by atoms with E-state index in [0.717, 1.165) is 6.42 Å². The van der Waals surface area contributed by atoms with Crippen molar-refractivity contribution in [3.63, 3.8) is 0 Å². The highest BCUT2D eigenvalue weighted by atomic mass is 16.1. The van der Waals surface area contributed by atoms with E-state index in [0.29, 0.717) is 12.8 Å². The summed E-state index contributed by atoms with van der Waals surface area (Å²) in [6.07, 6.45) is 1.75. The minimum Gasteiger partial charge on any atom is -0.300 e. The van der Waals surface area contributed by atoms with Crippen LogP contribution in [0.4, 0.5) is 0 Å². The molecule has 1 atom stereocenters. The molecule has 0 bridgehead atoms. The summed E-state index contributed by atoms with van der Waals surface area (Å²) in [4.78, 5) is 21.8. The van der Waals surface area contributed by atoms with E-state index in [4.69, 9.17) is 0 Å². The molecule has 0 spiro atoms. The molecule has 0 saturated heterocycles. The summed E-state index contributed by atoms with van der Waals surface area (Å²) >= 11 is 0. The molecule has 64 valence electrons. The monoisotopic (exact) mass is 156 g/mol. The first-order valence-corrected chi connectivity index (χ1v) is 4.13. The van der Waals surface area contributed by atoms with Crippen LogP contribution in [0.5, 0.6) is 0 Å². The smallest absolute Gasteiger partial charge is 0.136 e. The zero-order valence-electron chi connectivity index (χ0n) is 7.52. The average Bonchev–Trinajstić information content (AvgIpc) is 1.98. The van der Waals surface area contributed by atoms with Crippen LogP contribution in [0, 0.1) is 5.92 Å². The first kappa shape index (κ1) is 10.3. The maximum absolute atomic E-state index is 11.1. The fourth-order valence-electron chi connectivity index (χ4n) is 1.12. The standard InChI is InChI=1S/C9H16O2/c1-4-8(6-7(3)10)9(11)5-2/h8H,4-6H2,1-3H3. The summed E-state index contributed by atoms with van der Waals surface area (Å²) in [5.74, 6) is 0.291. The molecular formula is C9H16O2. The Kier molecular flexibility index (Phi) is 4.75. The molecule has 0 aliphatic rings. The highest BCUT2D eigenvalue weighted by molar-refractivity contribution is 5.86. The minimum atomic E-state index is -0.0301. The number of carbonyl (C=O) groups excluding carboxylic acids is 2. The largest absolute Gasteiger partial charge is 0.300 e. The van der Waals surface area contributed by atoms with Crippen LogP contribution in [0.25, 0.3) is 0 Å². The summed E-state index contributed by atoms with van der Waals surface area (Å²) in [6, 6.07) is 0. The van der Waals surface area contributed by atoms with E-state index in [9.17, 15) is 9.59 Å². The van der Waals surface area contributed by atoms with Crippen molar-refractivity contribution < 1.29 is 9.59 Å². The molecule has 0 heterocycles. The first-order valence-electron chi connectivity index (χ1n) is 4.13. The van der Waals surface area contributed by atoms with Crippen LogP contribution < -0.4 is 0 Å². The Balaban J connectivity index is 3.94. The molecule has 0 fully saturated rings. The van der Waals surface area contributed by atoms with E-state index in [1.807, 2.05) is 13.8 Å². The number of carbonyl (C=O) groups is 2. The van der Waals surface area contributed by atoms with Crippen molar-refractivity contribution in [2.24, 2.45) is 5.92 Å². The second-order valence-corrected chi connectivity index (χ2v) is 2.83. The van der Waals surface area contributed by atoms with Gasteiger partial charge in [-0.05, 0) is 13.3 Å². The van der Waals surface area contributed by atoms with Crippen molar-refractivity contribution in [1.82, 2.24) is 0 Å². The minimum absolute atomic E-state index is 0.0301. The van der Waals surface area contributed by atoms with Crippen LogP contribution in [0.3, 0.4) is 0 Å². The normalized spacial score (nSPS) is 12.6. The van der Waals surface area contributed by atoms with Crippen molar-refractivity contribution in [3.8, 4) is 0 Å². The third-order valence-electron chi connectivity index (χ3n) is 1.83. The van der Waals surface area contributed by atoms with Gasteiger partial charge < -0.3 is 4.79 Å². The molecule has 0 amide bonds. The third kappa shape index (κ3) is 3.91. The summed E-state index contributed by atoms with van der Waals surface area (Å²) in [6.45, 7) is 5.32. The van der Waals surface area contributed by atoms with Crippen LogP contribution in [0.1, 0.15) is 40.0 Å². The van der Waals surface area contributed by atoms with Crippen LogP contribution in [-0.2, 0) is 9.59 Å².